The maximum absolute atomic E-state index is 8.07. The fourth-order valence-electron chi connectivity index (χ4n) is 0.481. The third-order valence-corrected chi connectivity index (χ3v) is 0.899. The zero-order valence-corrected chi connectivity index (χ0v) is 5.10. The molecule has 52 valence electrons. The molecule has 1 rings (SSSR count). The molecule has 3 N–H and O–H groups in total. The summed E-state index contributed by atoms with van der Waals surface area (Å²) in [4.78, 5) is 7.32. The second kappa shape index (κ2) is 2.77. The fraction of sp³-hybridized carbons (Fsp3) is 0. The van der Waals surface area contributed by atoms with Gasteiger partial charge in [0, 0.05) is 18.0 Å². The van der Waals surface area contributed by atoms with Crippen LogP contribution in [0.25, 0.3) is 0 Å². The molecular weight excluding hydrogens is 132 g/mol. The molecule has 0 spiro atoms. The highest BCUT2D eigenvalue weighted by molar-refractivity contribution is 5.77. The SMILES string of the molecule is Nc1ncc(/C=N\O)cn1. The van der Waals surface area contributed by atoms with Crippen molar-refractivity contribution in [3.05, 3.63) is 18.0 Å². The number of nitrogens with two attached hydrogens (primary N) is 1. The maximum atomic E-state index is 8.07. The van der Waals surface area contributed by atoms with Crippen LogP contribution in [0.4, 0.5) is 5.95 Å². The number of aromatic nitrogens is 2. The first-order chi connectivity index (χ1) is 4.83. The highest BCUT2D eigenvalue weighted by atomic mass is 16.4. The van der Waals surface area contributed by atoms with E-state index in [1.807, 2.05) is 0 Å². The third-order valence-electron chi connectivity index (χ3n) is 0.899. The van der Waals surface area contributed by atoms with Gasteiger partial charge in [-0.2, -0.15) is 0 Å². The summed E-state index contributed by atoms with van der Waals surface area (Å²) in [5, 5.41) is 10.9. The van der Waals surface area contributed by atoms with Crippen molar-refractivity contribution in [3.63, 3.8) is 0 Å². The number of hydrogen-bond donors (Lipinski definition) is 2. The van der Waals surface area contributed by atoms with E-state index >= 15 is 0 Å². The van der Waals surface area contributed by atoms with Crippen LogP contribution in [0.3, 0.4) is 0 Å². The van der Waals surface area contributed by atoms with Crippen LogP contribution < -0.4 is 5.73 Å². The number of hydrogen-bond acceptors (Lipinski definition) is 5. The Morgan fingerprint density at radius 3 is 2.60 bits per heavy atom. The third kappa shape index (κ3) is 1.41. The van der Waals surface area contributed by atoms with E-state index in [4.69, 9.17) is 10.9 Å². The van der Waals surface area contributed by atoms with Crippen LogP contribution in [-0.4, -0.2) is 21.4 Å². The van der Waals surface area contributed by atoms with Gasteiger partial charge in [0.05, 0.1) is 6.21 Å². The summed E-state index contributed by atoms with van der Waals surface area (Å²) in [7, 11) is 0. The van der Waals surface area contributed by atoms with E-state index in [0.29, 0.717) is 5.56 Å². The first-order valence-electron chi connectivity index (χ1n) is 2.58. The topological polar surface area (TPSA) is 84.4 Å². The van der Waals surface area contributed by atoms with E-state index in [2.05, 4.69) is 15.1 Å². The Morgan fingerprint density at radius 1 is 1.50 bits per heavy atom. The first-order valence-corrected chi connectivity index (χ1v) is 2.58. The van der Waals surface area contributed by atoms with Crippen LogP contribution in [-0.2, 0) is 0 Å². The molecule has 0 fully saturated rings. The molecule has 0 atom stereocenters. The zero-order chi connectivity index (χ0) is 7.40. The summed E-state index contributed by atoms with van der Waals surface area (Å²) in [6.07, 6.45) is 4.14. The van der Waals surface area contributed by atoms with Crippen LogP contribution in [0.15, 0.2) is 17.5 Å². The van der Waals surface area contributed by atoms with Crippen molar-refractivity contribution in [2.24, 2.45) is 5.16 Å². The number of nitrogen functional groups attached to an aromatic ring is 1. The van der Waals surface area contributed by atoms with Crippen LogP contribution in [0.2, 0.25) is 0 Å². The van der Waals surface area contributed by atoms with Gasteiger partial charge >= 0.3 is 0 Å². The number of oxime groups is 1. The van der Waals surface area contributed by atoms with Gasteiger partial charge in [-0.15, -0.1) is 0 Å². The molecule has 0 aliphatic rings. The van der Waals surface area contributed by atoms with E-state index in [1.54, 1.807) is 0 Å². The molecule has 0 bridgehead atoms. The van der Waals surface area contributed by atoms with E-state index in [0.717, 1.165) is 0 Å². The molecule has 0 aromatic carbocycles. The summed E-state index contributed by atoms with van der Waals surface area (Å²) in [5.41, 5.74) is 5.80. The predicted molar refractivity (Wildman–Crippen MR) is 35.8 cm³/mol. The van der Waals surface area contributed by atoms with Gasteiger partial charge in [-0.25, -0.2) is 9.97 Å². The summed E-state index contributed by atoms with van der Waals surface area (Å²) in [5.74, 6) is 0.204. The van der Waals surface area contributed by atoms with Gasteiger partial charge in [0.15, 0.2) is 0 Å². The highest BCUT2D eigenvalue weighted by Gasteiger charge is 1.88. The molecule has 5 nitrogen and oxygen atoms in total. The van der Waals surface area contributed by atoms with Gasteiger partial charge in [-0.05, 0) is 0 Å². The Morgan fingerprint density at radius 2 is 2.10 bits per heavy atom. The molecule has 1 heterocycles. The van der Waals surface area contributed by atoms with Crippen molar-refractivity contribution in [2.75, 3.05) is 5.73 Å². The van der Waals surface area contributed by atoms with Crippen molar-refractivity contribution < 1.29 is 5.21 Å². The van der Waals surface area contributed by atoms with Gasteiger partial charge < -0.3 is 10.9 Å². The summed E-state index contributed by atoms with van der Waals surface area (Å²) < 4.78 is 0. The van der Waals surface area contributed by atoms with Crippen molar-refractivity contribution in [1.29, 1.82) is 0 Å². The quantitative estimate of drug-likeness (QED) is 0.321. The Balaban J connectivity index is 2.89. The van der Waals surface area contributed by atoms with Crippen molar-refractivity contribution >= 4 is 12.2 Å². The van der Waals surface area contributed by atoms with Crippen LogP contribution in [0.5, 0.6) is 0 Å². The molecule has 0 saturated heterocycles. The van der Waals surface area contributed by atoms with E-state index in [1.165, 1.54) is 18.6 Å². The molecule has 1 aromatic heterocycles. The minimum atomic E-state index is 0.204. The molecule has 0 aliphatic heterocycles. The predicted octanol–water partition coefficient (Wildman–Crippen LogP) is -0.133. The molecular formula is C5H6N4O. The average molecular weight is 138 g/mol. The summed E-state index contributed by atoms with van der Waals surface area (Å²) in [6, 6.07) is 0. The van der Waals surface area contributed by atoms with Gasteiger partial charge in [-0.3, -0.25) is 0 Å². The smallest absolute Gasteiger partial charge is 0.219 e. The Labute approximate surface area is 57.2 Å². The molecule has 0 radical (unpaired) electrons. The van der Waals surface area contributed by atoms with Crippen molar-refractivity contribution in [3.8, 4) is 0 Å². The summed E-state index contributed by atoms with van der Waals surface area (Å²) in [6.45, 7) is 0. The lowest BCUT2D eigenvalue weighted by Crippen LogP contribution is -1.94. The normalized spacial score (nSPS) is 10.4. The standard InChI is InChI=1S/C5H6N4O/c6-5-7-1-4(2-8-5)3-9-10/h1-3,10H,(H2,6,7,8)/b9-3-. The van der Waals surface area contributed by atoms with Gasteiger partial charge in [0.1, 0.15) is 0 Å². The van der Waals surface area contributed by atoms with Crippen molar-refractivity contribution in [2.45, 2.75) is 0 Å². The molecule has 10 heavy (non-hydrogen) atoms. The molecule has 0 unspecified atom stereocenters. The van der Waals surface area contributed by atoms with Crippen molar-refractivity contribution in [1.82, 2.24) is 9.97 Å². The van der Waals surface area contributed by atoms with Crippen LogP contribution >= 0.6 is 0 Å². The lowest BCUT2D eigenvalue weighted by Gasteiger charge is -1.89. The van der Waals surface area contributed by atoms with E-state index in [-0.39, 0.29) is 5.95 Å². The van der Waals surface area contributed by atoms with Crippen LogP contribution in [0.1, 0.15) is 5.56 Å². The summed E-state index contributed by atoms with van der Waals surface area (Å²) >= 11 is 0. The molecule has 0 amide bonds. The number of rotatable bonds is 1. The van der Waals surface area contributed by atoms with Gasteiger partial charge in [0.25, 0.3) is 0 Å². The monoisotopic (exact) mass is 138 g/mol. The number of anilines is 1. The second-order valence-electron chi connectivity index (χ2n) is 1.62. The molecule has 5 heteroatoms. The molecule has 1 aromatic rings. The minimum Gasteiger partial charge on any atom is -0.411 e. The number of nitrogens with zero attached hydrogens (tertiary/aromatic N) is 3. The van der Waals surface area contributed by atoms with E-state index in [9.17, 15) is 0 Å². The van der Waals surface area contributed by atoms with Gasteiger partial charge in [-0.1, -0.05) is 5.16 Å². The largest absolute Gasteiger partial charge is 0.411 e. The van der Waals surface area contributed by atoms with Gasteiger partial charge in [0.2, 0.25) is 5.95 Å². The Hall–Kier alpha value is -1.65. The second-order valence-corrected chi connectivity index (χ2v) is 1.62. The Kier molecular flexibility index (Phi) is 1.79. The Bertz CT molecular complexity index is 230. The zero-order valence-electron chi connectivity index (χ0n) is 5.10. The van der Waals surface area contributed by atoms with Crippen LogP contribution in [0, 0.1) is 0 Å². The first kappa shape index (κ1) is 6.47. The van der Waals surface area contributed by atoms with E-state index < -0.39 is 0 Å². The molecule has 0 aliphatic carbocycles. The minimum absolute atomic E-state index is 0.204. The lowest BCUT2D eigenvalue weighted by molar-refractivity contribution is 0.322. The average Bonchev–Trinajstić information content (AvgIpc) is 1.95. The lowest BCUT2D eigenvalue weighted by atomic mass is 10.4. The highest BCUT2D eigenvalue weighted by Crippen LogP contribution is 1.91. The molecule has 0 saturated carbocycles. The fourth-order valence-corrected chi connectivity index (χ4v) is 0.481. The maximum Gasteiger partial charge on any atom is 0.219 e.